The van der Waals surface area contributed by atoms with E-state index in [1.165, 1.54) is 12.8 Å². The summed E-state index contributed by atoms with van der Waals surface area (Å²) in [5, 5.41) is 0. The van der Waals surface area contributed by atoms with Crippen molar-refractivity contribution in [3.8, 4) is 0 Å². The molecule has 22 heavy (non-hydrogen) atoms. The molecule has 2 fully saturated rings. The van der Waals surface area contributed by atoms with Gasteiger partial charge in [0.25, 0.3) is 5.91 Å². The summed E-state index contributed by atoms with van der Waals surface area (Å²) in [6, 6.07) is 4.30. The smallest absolute Gasteiger partial charge is 0.272 e. The molecule has 0 spiro atoms. The topological polar surface area (TPSA) is 39.7 Å². The van der Waals surface area contributed by atoms with Crippen molar-refractivity contribution in [1.29, 1.82) is 0 Å². The normalized spacial score (nSPS) is 20.4. The SMILES string of the molecule is CN1CCC(N(C)C(=O)c2cc(N3CCCC3)ccn2)CC1. The second-order valence-corrected chi connectivity index (χ2v) is 6.54. The van der Waals surface area contributed by atoms with Gasteiger partial charge in [-0.05, 0) is 58.0 Å². The number of rotatable bonds is 3. The summed E-state index contributed by atoms with van der Waals surface area (Å²) in [7, 11) is 4.06. The maximum absolute atomic E-state index is 12.7. The van der Waals surface area contributed by atoms with Crippen molar-refractivity contribution >= 4 is 11.6 Å². The van der Waals surface area contributed by atoms with E-state index in [0.717, 1.165) is 44.7 Å². The molecule has 3 rings (SSSR count). The standard InChI is InChI=1S/C17H26N4O/c1-19-11-6-14(7-12-19)20(2)17(22)16-13-15(5-8-18-16)21-9-3-4-10-21/h5,8,13-14H,3-4,6-7,9-12H2,1-2H3. The molecule has 0 saturated carbocycles. The summed E-state index contributed by atoms with van der Waals surface area (Å²) in [6.45, 7) is 4.29. The summed E-state index contributed by atoms with van der Waals surface area (Å²) in [6.07, 6.45) is 6.33. The molecule has 1 aromatic rings. The van der Waals surface area contributed by atoms with E-state index in [9.17, 15) is 4.79 Å². The Morgan fingerprint density at radius 1 is 1.23 bits per heavy atom. The molecule has 5 nitrogen and oxygen atoms in total. The minimum atomic E-state index is 0.0515. The number of aromatic nitrogens is 1. The van der Waals surface area contributed by atoms with Crippen molar-refractivity contribution in [1.82, 2.24) is 14.8 Å². The van der Waals surface area contributed by atoms with Gasteiger partial charge in [0.1, 0.15) is 5.69 Å². The molecule has 3 heterocycles. The summed E-state index contributed by atoms with van der Waals surface area (Å²) < 4.78 is 0. The first kappa shape index (κ1) is 15.3. The lowest BCUT2D eigenvalue weighted by molar-refractivity contribution is 0.0654. The average Bonchev–Trinajstić information content (AvgIpc) is 3.09. The Morgan fingerprint density at radius 3 is 2.59 bits per heavy atom. The quantitative estimate of drug-likeness (QED) is 0.854. The molecular formula is C17H26N4O. The predicted octanol–water partition coefficient (Wildman–Crippen LogP) is 1.85. The number of pyridine rings is 1. The van der Waals surface area contributed by atoms with Gasteiger partial charge < -0.3 is 14.7 Å². The van der Waals surface area contributed by atoms with Crippen LogP contribution in [0.25, 0.3) is 0 Å². The van der Waals surface area contributed by atoms with E-state index in [2.05, 4.69) is 21.8 Å². The van der Waals surface area contributed by atoms with Crippen molar-refractivity contribution < 1.29 is 4.79 Å². The molecular weight excluding hydrogens is 276 g/mol. The average molecular weight is 302 g/mol. The number of amides is 1. The first-order chi connectivity index (χ1) is 10.6. The Labute approximate surface area is 132 Å². The van der Waals surface area contributed by atoms with E-state index in [1.54, 1.807) is 6.20 Å². The van der Waals surface area contributed by atoms with Gasteiger partial charge in [-0.25, -0.2) is 0 Å². The fourth-order valence-electron chi connectivity index (χ4n) is 3.44. The van der Waals surface area contributed by atoms with E-state index in [-0.39, 0.29) is 5.91 Å². The highest BCUT2D eigenvalue weighted by molar-refractivity contribution is 5.93. The minimum absolute atomic E-state index is 0.0515. The fourth-order valence-corrected chi connectivity index (χ4v) is 3.44. The Balaban J connectivity index is 1.69. The highest BCUT2D eigenvalue weighted by atomic mass is 16.2. The molecule has 2 aliphatic heterocycles. The van der Waals surface area contributed by atoms with E-state index < -0.39 is 0 Å². The molecule has 1 amide bonds. The highest BCUT2D eigenvalue weighted by Gasteiger charge is 2.25. The predicted molar refractivity (Wildman–Crippen MR) is 88.3 cm³/mol. The maximum Gasteiger partial charge on any atom is 0.272 e. The zero-order chi connectivity index (χ0) is 15.5. The number of hydrogen-bond acceptors (Lipinski definition) is 4. The van der Waals surface area contributed by atoms with Gasteiger partial charge in [0.15, 0.2) is 0 Å². The Bertz CT molecular complexity index is 519. The summed E-state index contributed by atoms with van der Waals surface area (Å²) in [5.74, 6) is 0.0515. The van der Waals surface area contributed by atoms with Gasteiger partial charge in [-0.2, -0.15) is 0 Å². The number of hydrogen-bond donors (Lipinski definition) is 0. The molecule has 120 valence electrons. The summed E-state index contributed by atoms with van der Waals surface area (Å²) in [5.41, 5.74) is 1.71. The van der Waals surface area contributed by atoms with Crippen molar-refractivity contribution in [2.75, 3.05) is 45.2 Å². The van der Waals surface area contributed by atoms with Crippen LogP contribution in [-0.2, 0) is 0 Å². The Hall–Kier alpha value is -1.62. The minimum Gasteiger partial charge on any atom is -0.371 e. The van der Waals surface area contributed by atoms with Crippen molar-refractivity contribution in [3.05, 3.63) is 24.0 Å². The first-order valence-electron chi connectivity index (χ1n) is 8.32. The van der Waals surface area contributed by atoms with Gasteiger partial charge in [-0.3, -0.25) is 9.78 Å². The number of carbonyl (C=O) groups is 1. The van der Waals surface area contributed by atoms with Crippen LogP contribution in [0.2, 0.25) is 0 Å². The molecule has 0 aliphatic carbocycles. The largest absolute Gasteiger partial charge is 0.371 e. The summed E-state index contributed by atoms with van der Waals surface area (Å²) >= 11 is 0. The third kappa shape index (κ3) is 3.24. The fraction of sp³-hybridized carbons (Fsp3) is 0.647. The number of nitrogens with zero attached hydrogens (tertiary/aromatic N) is 4. The molecule has 2 saturated heterocycles. The van der Waals surface area contributed by atoms with Gasteiger partial charge in [0.05, 0.1) is 0 Å². The molecule has 0 atom stereocenters. The van der Waals surface area contributed by atoms with E-state index in [0.29, 0.717) is 11.7 Å². The molecule has 2 aliphatic rings. The second-order valence-electron chi connectivity index (χ2n) is 6.54. The van der Waals surface area contributed by atoms with Gasteiger partial charge in [-0.1, -0.05) is 0 Å². The van der Waals surface area contributed by atoms with Crippen LogP contribution in [-0.4, -0.2) is 67.0 Å². The first-order valence-corrected chi connectivity index (χ1v) is 8.32. The van der Waals surface area contributed by atoms with Crippen LogP contribution in [0, 0.1) is 0 Å². The Kier molecular flexibility index (Phi) is 4.62. The highest BCUT2D eigenvalue weighted by Crippen LogP contribution is 2.22. The van der Waals surface area contributed by atoms with Crippen molar-refractivity contribution in [2.24, 2.45) is 0 Å². The molecule has 5 heteroatoms. The van der Waals surface area contributed by atoms with Crippen LogP contribution in [0.15, 0.2) is 18.3 Å². The van der Waals surface area contributed by atoms with Crippen LogP contribution in [0.3, 0.4) is 0 Å². The maximum atomic E-state index is 12.7. The number of likely N-dealkylation sites (tertiary alicyclic amines) is 1. The monoisotopic (exact) mass is 302 g/mol. The molecule has 0 bridgehead atoms. The third-order valence-corrected chi connectivity index (χ3v) is 4.99. The molecule has 0 radical (unpaired) electrons. The van der Waals surface area contributed by atoms with Crippen LogP contribution in [0.4, 0.5) is 5.69 Å². The Morgan fingerprint density at radius 2 is 1.91 bits per heavy atom. The zero-order valence-electron chi connectivity index (χ0n) is 13.7. The molecule has 0 N–H and O–H groups in total. The van der Waals surface area contributed by atoms with Gasteiger partial charge in [0, 0.05) is 38.1 Å². The van der Waals surface area contributed by atoms with E-state index >= 15 is 0 Å². The van der Waals surface area contributed by atoms with Gasteiger partial charge in [-0.15, -0.1) is 0 Å². The van der Waals surface area contributed by atoms with Crippen LogP contribution >= 0.6 is 0 Å². The number of carbonyl (C=O) groups excluding carboxylic acids is 1. The number of piperidine rings is 1. The van der Waals surface area contributed by atoms with Crippen molar-refractivity contribution in [3.63, 3.8) is 0 Å². The van der Waals surface area contributed by atoms with Gasteiger partial charge >= 0.3 is 0 Å². The van der Waals surface area contributed by atoms with Crippen molar-refractivity contribution in [2.45, 2.75) is 31.7 Å². The second kappa shape index (κ2) is 6.65. The lowest BCUT2D eigenvalue weighted by Crippen LogP contribution is -2.44. The lowest BCUT2D eigenvalue weighted by Gasteiger charge is -2.35. The van der Waals surface area contributed by atoms with E-state index in [4.69, 9.17) is 0 Å². The third-order valence-electron chi connectivity index (χ3n) is 4.99. The molecule has 0 unspecified atom stereocenters. The van der Waals surface area contributed by atoms with Crippen LogP contribution < -0.4 is 4.90 Å². The molecule has 0 aromatic carbocycles. The zero-order valence-corrected chi connectivity index (χ0v) is 13.7. The van der Waals surface area contributed by atoms with E-state index in [1.807, 2.05) is 24.1 Å². The summed E-state index contributed by atoms with van der Waals surface area (Å²) in [4.78, 5) is 23.6. The molecule has 1 aromatic heterocycles. The lowest BCUT2D eigenvalue weighted by atomic mass is 10.0. The van der Waals surface area contributed by atoms with Gasteiger partial charge in [0.2, 0.25) is 0 Å². The number of anilines is 1. The van der Waals surface area contributed by atoms with Crippen LogP contribution in [0.5, 0.6) is 0 Å². The van der Waals surface area contributed by atoms with Crippen LogP contribution in [0.1, 0.15) is 36.2 Å².